The number of methoxy groups -OCH3 is 1. The van der Waals surface area contributed by atoms with E-state index in [4.69, 9.17) is 14.2 Å². The molecule has 6 N–H and O–H groups in total. The summed E-state index contributed by atoms with van der Waals surface area (Å²) in [6.45, 7) is 7.31. The van der Waals surface area contributed by atoms with E-state index in [1.807, 2.05) is 0 Å². The summed E-state index contributed by atoms with van der Waals surface area (Å²) in [6, 6.07) is 7.90. The van der Waals surface area contributed by atoms with E-state index in [1.165, 1.54) is 52.8 Å². The number of carbonyl (C=O) groups is 7. The number of aromatic hydroxyl groups is 1. The van der Waals surface area contributed by atoms with Crippen LogP contribution in [-0.2, 0) is 38.2 Å². The van der Waals surface area contributed by atoms with Crippen LogP contribution in [-0.4, -0.2) is 89.7 Å². The van der Waals surface area contributed by atoms with Gasteiger partial charge < -0.3 is 45.9 Å². The van der Waals surface area contributed by atoms with Gasteiger partial charge in [0.05, 0.1) is 12.7 Å². The Morgan fingerprint density at radius 1 is 0.860 bits per heavy atom. The van der Waals surface area contributed by atoms with Crippen molar-refractivity contribution in [1.29, 1.82) is 0 Å². The van der Waals surface area contributed by atoms with Gasteiger partial charge in [-0.2, -0.15) is 0 Å². The van der Waals surface area contributed by atoms with Gasteiger partial charge in [0.15, 0.2) is 6.04 Å². The number of carbonyl (C=O) groups excluding carboxylic acids is 7. The van der Waals surface area contributed by atoms with E-state index in [2.05, 4.69) is 26.6 Å². The topological polar surface area (TPSA) is 228 Å². The van der Waals surface area contributed by atoms with Crippen LogP contribution in [0.4, 0.5) is 0 Å². The molecule has 0 fully saturated rings. The summed E-state index contributed by atoms with van der Waals surface area (Å²) in [4.78, 5) is 91.3. The number of hydrogen-bond acceptors (Lipinski definition) is 11. The number of rotatable bonds is 2. The summed E-state index contributed by atoms with van der Waals surface area (Å²) in [5, 5.41) is 24.6. The third-order valence-electron chi connectivity index (χ3n) is 7.91. The van der Waals surface area contributed by atoms with E-state index in [9.17, 15) is 38.7 Å². The van der Waals surface area contributed by atoms with Crippen LogP contribution in [0.5, 0.6) is 11.5 Å². The summed E-state index contributed by atoms with van der Waals surface area (Å²) in [6.07, 6.45) is -1.70. The number of nitrogens with one attached hydrogen (secondary N) is 5. The van der Waals surface area contributed by atoms with E-state index in [1.54, 1.807) is 24.3 Å². The number of hydrogen-bond donors (Lipinski definition) is 6. The lowest BCUT2D eigenvalue weighted by Crippen LogP contribution is -2.65. The highest BCUT2D eigenvalue weighted by atomic mass is 16.5. The largest absolute Gasteiger partial charge is 0.507 e. The van der Waals surface area contributed by atoms with Gasteiger partial charge in [-0.05, 0) is 52.8 Å². The number of benzene rings is 3. The Morgan fingerprint density at radius 2 is 1.48 bits per heavy atom. The van der Waals surface area contributed by atoms with Gasteiger partial charge >= 0.3 is 11.9 Å². The molecule has 0 aromatic heterocycles. The van der Waals surface area contributed by atoms with Crippen molar-refractivity contribution in [3.05, 3.63) is 48.0 Å². The summed E-state index contributed by atoms with van der Waals surface area (Å²) in [7, 11) is 1.07. The van der Waals surface area contributed by atoms with Gasteiger partial charge in [0.1, 0.15) is 35.2 Å². The summed E-state index contributed by atoms with van der Waals surface area (Å²) in [5.41, 5.74) is -3.37. The molecule has 0 radical (unpaired) electrons. The van der Waals surface area contributed by atoms with E-state index in [0.29, 0.717) is 5.39 Å². The molecule has 5 rings (SSSR count). The van der Waals surface area contributed by atoms with Crippen molar-refractivity contribution in [3.8, 4) is 11.5 Å². The first-order valence-corrected chi connectivity index (χ1v) is 15.5. The Hall–Kier alpha value is -5.93. The fourth-order valence-electron chi connectivity index (χ4n) is 5.04. The highest BCUT2D eigenvalue weighted by Crippen LogP contribution is 2.42. The SMILES string of the molecule is COC(=O)[C@@H]1COC(=O)c2ccc3c(c4ccccc4c(O)c3c2)OC(NC(C)=O)C(=O)NC(C)(C)C(=O)NC(C)(C)C(=O)N[C@@H](C)C(=O)N1. The maximum absolute atomic E-state index is 13.7. The second-order valence-corrected chi connectivity index (χ2v) is 12.8. The first-order chi connectivity index (χ1) is 23.4. The lowest BCUT2D eigenvalue weighted by Gasteiger charge is -2.33. The van der Waals surface area contributed by atoms with E-state index in [0.717, 1.165) is 14.0 Å². The molecular weight excluding hydrogens is 654 g/mol. The zero-order valence-electron chi connectivity index (χ0n) is 28.5. The lowest BCUT2D eigenvalue weighted by molar-refractivity contribution is -0.146. The quantitative estimate of drug-likeness (QED) is 0.124. The lowest BCUT2D eigenvalue weighted by atomic mass is 9.98. The van der Waals surface area contributed by atoms with Crippen molar-refractivity contribution >= 4 is 63.0 Å². The molecule has 1 unspecified atom stereocenters. The fraction of sp³-hybridized carbons (Fsp3) is 0.382. The molecular formula is C34H39N5O11. The standard InChI is InChI=1S/C34H39N5O11/c1-16-26(42)37-23(30(45)48-7)15-49-29(44)18-12-13-21-22(14-18)24(41)19-10-8-9-11-20(19)25(21)50-28(36-17(2)40)27(43)38-34(5,6)32(47)39-33(3,4)31(46)35-16/h8-14,16,23,28,41H,15H2,1-7H3,(H,35,46)(H,36,40)(H,37,42)(H,38,43)(H,39,47)/t16-,23-,28?/m0/s1. The highest BCUT2D eigenvalue weighted by Gasteiger charge is 2.40. The smallest absolute Gasteiger partial charge is 0.338 e. The molecule has 3 aromatic rings. The first-order valence-electron chi connectivity index (χ1n) is 15.5. The molecule has 4 bridgehead atoms. The summed E-state index contributed by atoms with van der Waals surface area (Å²) in [5.74, 6) is -6.04. The molecule has 0 saturated carbocycles. The van der Waals surface area contributed by atoms with Crippen molar-refractivity contribution in [1.82, 2.24) is 26.6 Å². The molecule has 0 spiro atoms. The number of phenols is 1. The maximum atomic E-state index is 13.7. The Morgan fingerprint density at radius 3 is 2.12 bits per heavy atom. The van der Waals surface area contributed by atoms with Crippen LogP contribution in [0.2, 0.25) is 0 Å². The fourth-order valence-corrected chi connectivity index (χ4v) is 5.04. The number of ether oxygens (including phenoxy) is 3. The van der Waals surface area contributed by atoms with Gasteiger partial charge in [0.25, 0.3) is 12.1 Å². The van der Waals surface area contributed by atoms with Crippen LogP contribution in [0.3, 0.4) is 0 Å². The predicted molar refractivity (Wildman–Crippen MR) is 178 cm³/mol. The molecule has 16 nitrogen and oxygen atoms in total. The van der Waals surface area contributed by atoms with Crippen molar-refractivity contribution in [3.63, 3.8) is 0 Å². The molecule has 266 valence electrons. The summed E-state index contributed by atoms with van der Waals surface area (Å²) >= 11 is 0. The molecule has 3 aromatic carbocycles. The van der Waals surface area contributed by atoms with Gasteiger partial charge in [-0.1, -0.05) is 24.3 Å². The van der Waals surface area contributed by atoms with Crippen molar-refractivity contribution in [2.75, 3.05) is 13.7 Å². The van der Waals surface area contributed by atoms with Crippen molar-refractivity contribution in [2.45, 2.75) is 70.9 Å². The van der Waals surface area contributed by atoms with Crippen LogP contribution < -0.4 is 31.3 Å². The monoisotopic (exact) mass is 693 g/mol. The highest BCUT2D eigenvalue weighted by molar-refractivity contribution is 6.12. The van der Waals surface area contributed by atoms with Crippen LogP contribution in [0.15, 0.2) is 42.5 Å². The van der Waals surface area contributed by atoms with E-state index in [-0.39, 0.29) is 33.2 Å². The Balaban J connectivity index is 1.87. The molecule has 0 aliphatic carbocycles. The average Bonchev–Trinajstić information content (AvgIpc) is 3.05. The number of fused-ring (bicyclic) bond motifs is 18. The van der Waals surface area contributed by atoms with Gasteiger partial charge in [-0.15, -0.1) is 0 Å². The normalized spacial score (nSPS) is 21.7. The third kappa shape index (κ3) is 7.85. The van der Waals surface area contributed by atoms with Gasteiger partial charge in [-0.3, -0.25) is 24.0 Å². The summed E-state index contributed by atoms with van der Waals surface area (Å²) < 4.78 is 16.3. The Labute approximate surface area is 286 Å². The average molecular weight is 694 g/mol. The minimum Gasteiger partial charge on any atom is -0.507 e. The minimum atomic E-state index is -1.70. The molecule has 2 heterocycles. The third-order valence-corrected chi connectivity index (χ3v) is 7.91. The zero-order chi connectivity index (χ0) is 37.1. The van der Waals surface area contributed by atoms with E-state index < -0.39 is 77.5 Å². The zero-order valence-corrected chi connectivity index (χ0v) is 28.5. The number of phenolic OH excluding ortho intramolecular Hbond substituents is 1. The first kappa shape index (κ1) is 36.9. The van der Waals surface area contributed by atoms with Crippen LogP contribution in [0, 0.1) is 0 Å². The molecule has 2 aliphatic rings. The Bertz CT molecular complexity index is 1910. The van der Waals surface area contributed by atoms with Crippen molar-refractivity contribution < 1.29 is 52.9 Å². The van der Waals surface area contributed by atoms with E-state index >= 15 is 0 Å². The molecule has 16 heteroatoms. The van der Waals surface area contributed by atoms with Crippen molar-refractivity contribution in [2.24, 2.45) is 0 Å². The number of esters is 2. The number of amides is 5. The molecule has 3 atom stereocenters. The Kier molecular flexibility index (Phi) is 10.5. The molecule has 50 heavy (non-hydrogen) atoms. The predicted octanol–water partition coefficient (Wildman–Crippen LogP) is 0.662. The van der Waals surface area contributed by atoms with Gasteiger partial charge in [0, 0.05) is 28.5 Å². The second-order valence-electron chi connectivity index (χ2n) is 12.8. The molecule has 0 saturated heterocycles. The van der Waals surface area contributed by atoms with Crippen LogP contribution in [0.25, 0.3) is 21.5 Å². The van der Waals surface area contributed by atoms with Crippen LogP contribution in [0.1, 0.15) is 51.9 Å². The second kappa shape index (κ2) is 14.3. The molecule has 2 aliphatic heterocycles. The van der Waals surface area contributed by atoms with Gasteiger partial charge in [-0.25, -0.2) is 9.59 Å². The maximum Gasteiger partial charge on any atom is 0.338 e. The minimum absolute atomic E-state index is 0.0482. The van der Waals surface area contributed by atoms with Crippen LogP contribution >= 0.6 is 0 Å². The van der Waals surface area contributed by atoms with Gasteiger partial charge in [0.2, 0.25) is 23.6 Å². The molecule has 5 amide bonds.